The van der Waals surface area contributed by atoms with Crippen molar-refractivity contribution < 1.29 is 4.79 Å². The van der Waals surface area contributed by atoms with Crippen molar-refractivity contribution in [2.75, 3.05) is 7.05 Å². The molecule has 1 aromatic carbocycles. The van der Waals surface area contributed by atoms with E-state index in [0.29, 0.717) is 23.7 Å². The third-order valence-corrected chi connectivity index (χ3v) is 5.97. The smallest absolute Gasteiger partial charge is 0.253 e. The maximum absolute atomic E-state index is 12.8. The Kier molecular flexibility index (Phi) is 6.25. The molecule has 0 aliphatic rings. The van der Waals surface area contributed by atoms with Crippen LogP contribution < -0.4 is 0 Å². The Balaban J connectivity index is 1.70. The van der Waals surface area contributed by atoms with Crippen molar-refractivity contribution >= 4 is 33.4 Å². The summed E-state index contributed by atoms with van der Waals surface area (Å²) < 4.78 is 4.67. The number of benzene rings is 1. The van der Waals surface area contributed by atoms with E-state index in [4.69, 9.17) is 11.6 Å². The van der Waals surface area contributed by atoms with Crippen LogP contribution in [-0.2, 0) is 19.6 Å². The second-order valence-corrected chi connectivity index (χ2v) is 7.99. The summed E-state index contributed by atoms with van der Waals surface area (Å²) in [5.74, 6) is -0.0311. The highest BCUT2D eigenvalue weighted by Crippen LogP contribution is 2.21. The summed E-state index contributed by atoms with van der Waals surface area (Å²) in [6.45, 7) is 7.74. The zero-order valence-electron chi connectivity index (χ0n) is 16.4. The number of hydrogen-bond acceptors (Lipinski definition) is 3. The van der Waals surface area contributed by atoms with Gasteiger partial charge in [0.2, 0.25) is 0 Å². The molecule has 2 aromatic heterocycles. The second kappa shape index (κ2) is 8.49. The van der Waals surface area contributed by atoms with E-state index in [1.165, 1.54) is 0 Å². The molecular weight excluding hydrogens is 442 g/mol. The first-order valence-corrected chi connectivity index (χ1v) is 10.2. The first-order chi connectivity index (χ1) is 13.3. The van der Waals surface area contributed by atoms with Crippen LogP contribution in [-0.4, -0.2) is 37.4 Å². The van der Waals surface area contributed by atoms with Gasteiger partial charge >= 0.3 is 0 Å². The lowest BCUT2D eigenvalue weighted by Crippen LogP contribution is -2.27. The number of hydrogen-bond donors (Lipinski definition) is 0. The van der Waals surface area contributed by atoms with Crippen LogP contribution >= 0.6 is 27.5 Å². The average molecular weight is 465 g/mol. The molecule has 0 bridgehead atoms. The molecule has 2 heterocycles. The van der Waals surface area contributed by atoms with Crippen LogP contribution in [0.25, 0.3) is 0 Å². The van der Waals surface area contributed by atoms with E-state index >= 15 is 0 Å². The van der Waals surface area contributed by atoms with Gasteiger partial charge in [-0.3, -0.25) is 14.2 Å². The van der Waals surface area contributed by atoms with Crippen LogP contribution in [0, 0.1) is 13.8 Å². The first-order valence-electron chi connectivity index (χ1n) is 9.05. The van der Waals surface area contributed by atoms with Gasteiger partial charge in [-0.05, 0) is 54.4 Å². The molecule has 28 heavy (non-hydrogen) atoms. The molecule has 0 spiro atoms. The maximum atomic E-state index is 12.8. The largest absolute Gasteiger partial charge is 0.336 e. The Bertz CT molecular complexity index is 993. The van der Waals surface area contributed by atoms with Crippen molar-refractivity contribution in [1.29, 1.82) is 0 Å². The molecule has 0 radical (unpaired) electrons. The average Bonchev–Trinajstić information content (AvgIpc) is 3.16. The number of aryl methyl sites for hydroxylation is 2. The summed E-state index contributed by atoms with van der Waals surface area (Å²) in [6, 6.07) is 7.62. The molecule has 3 rings (SSSR count). The summed E-state index contributed by atoms with van der Waals surface area (Å²) in [7, 11) is 1.80. The molecule has 0 aliphatic heterocycles. The molecule has 0 atom stereocenters. The lowest BCUT2D eigenvalue weighted by Gasteiger charge is -2.18. The van der Waals surface area contributed by atoms with Gasteiger partial charge in [0.05, 0.1) is 45.9 Å². The summed E-state index contributed by atoms with van der Waals surface area (Å²) in [5, 5.41) is 9.45. The number of carbonyl (C=O) groups excluding carboxylic acids is 1. The van der Waals surface area contributed by atoms with Crippen LogP contribution in [0.15, 0.2) is 34.9 Å². The predicted octanol–water partition coefficient (Wildman–Crippen LogP) is 4.45. The van der Waals surface area contributed by atoms with Crippen LogP contribution in [0.2, 0.25) is 5.02 Å². The Morgan fingerprint density at radius 1 is 1.21 bits per heavy atom. The molecule has 0 fully saturated rings. The maximum Gasteiger partial charge on any atom is 0.253 e. The van der Waals surface area contributed by atoms with Gasteiger partial charge in [0.25, 0.3) is 5.91 Å². The summed E-state index contributed by atoms with van der Waals surface area (Å²) in [6.07, 6.45) is 1.76. The van der Waals surface area contributed by atoms with E-state index in [-0.39, 0.29) is 5.91 Å². The predicted molar refractivity (Wildman–Crippen MR) is 114 cm³/mol. The van der Waals surface area contributed by atoms with Gasteiger partial charge in [-0.2, -0.15) is 10.2 Å². The number of nitrogens with zero attached hydrogens (tertiary/aromatic N) is 5. The van der Waals surface area contributed by atoms with Gasteiger partial charge in [0.1, 0.15) is 0 Å². The molecule has 0 unspecified atom stereocenters. The Morgan fingerprint density at radius 2 is 1.89 bits per heavy atom. The molecule has 0 saturated heterocycles. The molecule has 0 aliphatic carbocycles. The highest BCUT2D eigenvalue weighted by atomic mass is 79.9. The molecule has 148 valence electrons. The van der Waals surface area contributed by atoms with Crippen LogP contribution in [0.1, 0.15) is 39.9 Å². The standard InChI is InChI=1S/C20H23BrClN5O/c1-5-26-18(17(21)10-23-26)12-25(4)20(28)16-8-6-15(7-9-16)11-27-14(3)19(22)13(2)24-27/h6-10H,5,11-12H2,1-4H3. The Morgan fingerprint density at radius 3 is 2.46 bits per heavy atom. The fraction of sp³-hybridized carbons (Fsp3) is 0.350. The highest BCUT2D eigenvalue weighted by molar-refractivity contribution is 9.10. The van der Waals surface area contributed by atoms with Gasteiger partial charge in [-0.25, -0.2) is 0 Å². The summed E-state index contributed by atoms with van der Waals surface area (Å²) in [4.78, 5) is 14.5. The first kappa shape index (κ1) is 20.6. The third kappa shape index (κ3) is 4.15. The quantitative estimate of drug-likeness (QED) is 0.541. The van der Waals surface area contributed by atoms with E-state index in [1.807, 2.05) is 54.4 Å². The Labute approximate surface area is 178 Å². The van der Waals surface area contributed by atoms with Gasteiger partial charge in [0, 0.05) is 19.2 Å². The van der Waals surface area contributed by atoms with Crippen molar-refractivity contribution in [3.63, 3.8) is 0 Å². The van der Waals surface area contributed by atoms with Crippen molar-refractivity contribution in [3.05, 3.63) is 68.2 Å². The zero-order valence-corrected chi connectivity index (χ0v) is 18.8. The number of halogens is 2. The molecule has 0 N–H and O–H groups in total. The number of rotatable bonds is 6. The van der Waals surface area contributed by atoms with Crippen LogP contribution in [0.5, 0.6) is 0 Å². The van der Waals surface area contributed by atoms with Gasteiger partial charge in [0.15, 0.2) is 0 Å². The fourth-order valence-electron chi connectivity index (χ4n) is 3.09. The topological polar surface area (TPSA) is 56.0 Å². The van der Waals surface area contributed by atoms with Crippen molar-refractivity contribution in [3.8, 4) is 0 Å². The number of amides is 1. The van der Waals surface area contributed by atoms with Gasteiger partial charge in [-0.1, -0.05) is 23.7 Å². The number of aromatic nitrogens is 4. The van der Waals surface area contributed by atoms with E-state index in [0.717, 1.165) is 33.7 Å². The fourth-order valence-corrected chi connectivity index (χ4v) is 3.65. The van der Waals surface area contributed by atoms with Gasteiger partial charge < -0.3 is 4.90 Å². The SMILES string of the molecule is CCn1ncc(Br)c1CN(C)C(=O)c1ccc(Cn2nc(C)c(Cl)c2C)cc1. The van der Waals surface area contributed by atoms with Crippen LogP contribution in [0.4, 0.5) is 0 Å². The van der Waals surface area contributed by atoms with Crippen molar-refractivity contribution in [2.45, 2.75) is 40.4 Å². The lowest BCUT2D eigenvalue weighted by molar-refractivity contribution is 0.0781. The number of carbonyl (C=O) groups is 1. The van der Waals surface area contributed by atoms with E-state index < -0.39 is 0 Å². The minimum absolute atomic E-state index is 0.0311. The normalized spacial score (nSPS) is 11.1. The molecule has 3 aromatic rings. The summed E-state index contributed by atoms with van der Waals surface area (Å²) in [5.41, 5.74) is 4.46. The Hall–Kier alpha value is -2.12. The third-order valence-electron chi connectivity index (χ3n) is 4.76. The molecular formula is C20H23BrClN5O. The minimum atomic E-state index is -0.0311. The van der Waals surface area contributed by atoms with E-state index in [2.05, 4.69) is 26.1 Å². The second-order valence-electron chi connectivity index (χ2n) is 6.76. The van der Waals surface area contributed by atoms with Gasteiger partial charge in [-0.15, -0.1) is 0 Å². The molecule has 0 saturated carbocycles. The van der Waals surface area contributed by atoms with Crippen LogP contribution in [0.3, 0.4) is 0 Å². The van der Waals surface area contributed by atoms with E-state index in [9.17, 15) is 4.79 Å². The monoisotopic (exact) mass is 463 g/mol. The molecule has 1 amide bonds. The van der Waals surface area contributed by atoms with Crippen molar-refractivity contribution in [1.82, 2.24) is 24.5 Å². The highest BCUT2D eigenvalue weighted by Gasteiger charge is 2.16. The summed E-state index contributed by atoms with van der Waals surface area (Å²) >= 11 is 9.72. The zero-order chi connectivity index (χ0) is 20.4. The molecule has 8 heteroatoms. The van der Waals surface area contributed by atoms with Crippen molar-refractivity contribution in [2.24, 2.45) is 0 Å². The van der Waals surface area contributed by atoms with E-state index in [1.54, 1.807) is 18.1 Å². The lowest BCUT2D eigenvalue weighted by atomic mass is 10.1. The minimum Gasteiger partial charge on any atom is -0.336 e. The molecule has 6 nitrogen and oxygen atoms in total.